The number of nitrogens with one attached hydrogen (secondary N) is 1. The molecule has 21 heavy (non-hydrogen) atoms. The lowest BCUT2D eigenvalue weighted by molar-refractivity contribution is 0.102. The van der Waals surface area contributed by atoms with Gasteiger partial charge in [0.15, 0.2) is 5.69 Å². The molecule has 3 aromatic rings. The molecule has 0 aliphatic carbocycles. The number of nitrogens with zero attached hydrogens (tertiary/aromatic N) is 2. The number of anilines is 1. The molecule has 0 bridgehead atoms. The first-order valence-corrected chi connectivity index (χ1v) is 7.09. The summed E-state index contributed by atoms with van der Waals surface area (Å²) in [7, 11) is 0. The van der Waals surface area contributed by atoms with Crippen LogP contribution in [-0.4, -0.2) is 15.3 Å². The second-order valence-electron chi connectivity index (χ2n) is 4.65. The molecular formula is C16H14ClN3O. The van der Waals surface area contributed by atoms with Crippen LogP contribution in [0.3, 0.4) is 0 Å². The zero-order valence-corrected chi connectivity index (χ0v) is 12.3. The van der Waals surface area contributed by atoms with E-state index in [9.17, 15) is 4.79 Å². The van der Waals surface area contributed by atoms with Crippen LogP contribution < -0.4 is 5.32 Å². The predicted molar refractivity (Wildman–Crippen MR) is 84.0 cm³/mol. The van der Waals surface area contributed by atoms with Crippen molar-refractivity contribution in [1.82, 2.24) is 9.38 Å². The Morgan fingerprint density at radius 2 is 2.00 bits per heavy atom. The molecule has 2 heterocycles. The highest BCUT2D eigenvalue weighted by Gasteiger charge is 2.16. The molecule has 106 valence electrons. The number of hydrogen-bond donors (Lipinski definition) is 1. The van der Waals surface area contributed by atoms with Crippen molar-refractivity contribution in [3.63, 3.8) is 0 Å². The third-order valence-corrected chi connectivity index (χ3v) is 3.51. The number of imidazole rings is 1. The van der Waals surface area contributed by atoms with Gasteiger partial charge in [0, 0.05) is 23.3 Å². The number of pyridine rings is 1. The monoisotopic (exact) mass is 299 g/mol. The Balaban J connectivity index is 1.96. The average Bonchev–Trinajstić information content (AvgIpc) is 2.88. The fourth-order valence-electron chi connectivity index (χ4n) is 2.24. The van der Waals surface area contributed by atoms with Crippen LogP contribution in [0.2, 0.25) is 5.02 Å². The molecule has 1 aromatic carbocycles. The summed E-state index contributed by atoms with van der Waals surface area (Å²) >= 11 is 5.84. The van der Waals surface area contributed by atoms with Crippen LogP contribution in [0.25, 0.3) is 5.52 Å². The van der Waals surface area contributed by atoms with E-state index < -0.39 is 0 Å². The van der Waals surface area contributed by atoms with Gasteiger partial charge < -0.3 is 9.72 Å². The second-order valence-corrected chi connectivity index (χ2v) is 5.08. The summed E-state index contributed by atoms with van der Waals surface area (Å²) in [6.07, 6.45) is 2.68. The second kappa shape index (κ2) is 5.58. The molecule has 0 aliphatic heterocycles. The van der Waals surface area contributed by atoms with Gasteiger partial charge in [-0.3, -0.25) is 4.79 Å². The van der Waals surface area contributed by atoms with Gasteiger partial charge in [0.25, 0.3) is 5.91 Å². The number of benzene rings is 1. The number of aromatic nitrogens is 2. The zero-order valence-electron chi connectivity index (χ0n) is 11.5. The van der Waals surface area contributed by atoms with E-state index in [-0.39, 0.29) is 5.91 Å². The van der Waals surface area contributed by atoms with Crippen molar-refractivity contribution in [2.75, 3.05) is 5.32 Å². The standard InChI is InChI=1S/C16H14ClN3O/c1-2-14-19-15(13-5-3-4-10-20(13)14)16(21)18-12-8-6-11(17)7-9-12/h3-10H,2H2,1H3,(H,18,21). The molecule has 0 saturated carbocycles. The van der Waals surface area contributed by atoms with E-state index in [0.29, 0.717) is 16.4 Å². The highest BCUT2D eigenvalue weighted by Crippen LogP contribution is 2.17. The lowest BCUT2D eigenvalue weighted by Crippen LogP contribution is -2.12. The van der Waals surface area contributed by atoms with Crippen LogP contribution >= 0.6 is 11.6 Å². The summed E-state index contributed by atoms with van der Waals surface area (Å²) in [5.41, 5.74) is 1.93. The Labute approximate surface area is 127 Å². The van der Waals surface area contributed by atoms with Gasteiger partial charge in [-0.2, -0.15) is 0 Å². The maximum Gasteiger partial charge on any atom is 0.276 e. The van der Waals surface area contributed by atoms with Gasteiger partial charge >= 0.3 is 0 Å². The molecule has 1 N–H and O–H groups in total. The number of carbonyl (C=O) groups is 1. The summed E-state index contributed by atoms with van der Waals surface area (Å²) in [5, 5.41) is 3.47. The van der Waals surface area contributed by atoms with Crippen LogP contribution in [0.5, 0.6) is 0 Å². The van der Waals surface area contributed by atoms with Crippen LogP contribution in [0.1, 0.15) is 23.2 Å². The molecule has 3 rings (SSSR count). The van der Waals surface area contributed by atoms with Crippen molar-refractivity contribution in [1.29, 1.82) is 0 Å². The fraction of sp³-hybridized carbons (Fsp3) is 0.125. The molecule has 0 atom stereocenters. The first-order valence-electron chi connectivity index (χ1n) is 6.72. The zero-order chi connectivity index (χ0) is 14.8. The number of aryl methyl sites for hydroxylation is 1. The third-order valence-electron chi connectivity index (χ3n) is 3.25. The highest BCUT2D eigenvalue weighted by molar-refractivity contribution is 6.30. The van der Waals surface area contributed by atoms with Crippen LogP contribution in [0.15, 0.2) is 48.7 Å². The summed E-state index contributed by atoms with van der Waals surface area (Å²) in [6.45, 7) is 2.02. The van der Waals surface area contributed by atoms with E-state index in [1.165, 1.54) is 0 Å². The molecule has 4 nitrogen and oxygen atoms in total. The predicted octanol–water partition coefficient (Wildman–Crippen LogP) is 3.80. The minimum Gasteiger partial charge on any atom is -0.321 e. The molecular weight excluding hydrogens is 286 g/mol. The molecule has 0 saturated heterocycles. The number of carbonyl (C=O) groups excluding carboxylic acids is 1. The summed E-state index contributed by atoms with van der Waals surface area (Å²) < 4.78 is 1.94. The Hall–Kier alpha value is -2.33. The van der Waals surface area contributed by atoms with Gasteiger partial charge in [-0.1, -0.05) is 24.6 Å². The molecule has 5 heteroatoms. The van der Waals surface area contributed by atoms with Gasteiger partial charge in [0.05, 0.1) is 5.52 Å². The maximum absolute atomic E-state index is 12.4. The molecule has 0 unspecified atom stereocenters. The Morgan fingerprint density at radius 1 is 1.24 bits per heavy atom. The lowest BCUT2D eigenvalue weighted by atomic mass is 10.3. The van der Waals surface area contributed by atoms with Crippen molar-refractivity contribution < 1.29 is 4.79 Å². The first kappa shape index (κ1) is 13.6. The quantitative estimate of drug-likeness (QED) is 0.799. The number of halogens is 1. The summed E-state index contributed by atoms with van der Waals surface area (Å²) in [6, 6.07) is 12.7. The molecule has 2 aromatic heterocycles. The largest absolute Gasteiger partial charge is 0.321 e. The van der Waals surface area contributed by atoms with Crippen molar-refractivity contribution in [2.24, 2.45) is 0 Å². The number of fused-ring (bicyclic) bond motifs is 1. The van der Waals surface area contributed by atoms with E-state index in [2.05, 4.69) is 10.3 Å². The van der Waals surface area contributed by atoms with E-state index in [4.69, 9.17) is 11.6 Å². The van der Waals surface area contributed by atoms with E-state index in [1.54, 1.807) is 24.3 Å². The lowest BCUT2D eigenvalue weighted by Gasteiger charge is -2.03. The van der Waals surface area contributed by atoms with Crippen molar-refractivity contribution in [2.45, 2.75) is 13.3 Å². The maximum atomic E-state index is 12.4. The third kappa shape index (κ3) is 2.62. The summed E-state index contributed by atoms with van der Waals surface area (Å²) in [4.78, 5) is 16.9. The van der Waals surface area contributed by atoms with Crippen LogP contribution in [0.4, 0.5) is 5.69 Å². The van der Waals surface area contributed by atoms with E-state index >= 15 is 0 Å². The smallest absolute Gasteiger partial charge is 0.276 e. The molecule has 0 aliphatic rings. The Bertz CT molecular complexity index is 793. The molecule has 0 fully saturated rings. The number of hydrogen-bond acceptors (Lipinski definition) is 2. The first-order chi connectivity index (χ1) is 10.2. The fourth-order valence-corrected chi connectivity index (χ4v) is 2.37. The van der Waals surface area contributed by atoms with Crippen molar-refractivity contribution in [3.05, 3.63) is 65.2 Å². The van der Waals surface area contributed by atoms with Gasteiger partial charge in [-0.15, -0.1) is 0 Å². The number of amides is 1. The highest BCUT2D eigenvalue weighted by atomic mass is 35.5. The molecule has 0 spiro atoms. The topological polar surface area (TPSA) is 46.4 Å². The van der Waals surface area contributed by atoms with Gasteiger partial charge in [-0.25, -0.2) is 4.98 Å². The normalized spacial score (nSPS) is 10.8. The number of rotatable bonds is 3. The molecule has 0 radical (unpaired) electrons. The van der Waals surface area contributed by atoms with Gasteiger partial charge in [0.1, 0.15) is 5.82 Å². The van der Waals surface area contributed by atoms with Crippen molar-refractivity contribution >= 4 is 28.7 Å². The van der Waals surface area contributed by atoms with Crippen LogP contribution in [-0.2, 0) is 6.42 Å². The Kier molecular flexibility index (Phi) is 3.62. The van der Waals surface area contributed by atoms with E-state index in [1.807, 2.05) is 35.7 Å². The molecule has 1 amide bonds. The van der Waals surface area contributed by atoms with Crippen LogP contribution in [0, 0.1) is 0 Å². The summed E-state index contributed by atoms with van der Waals surface area (Å²) in [5.74, 6) is 0.646. The Morgan fingerprint density at radius 3 is 2.71 bits per heavy atom. The minimum atomic E-state index is -0.222. The minimum absolute atomic E-state index is 0.222. The SMILES string of the molecule is CCc1nc(C(=O)Nc2ccc(Cl)cc2)c2ccccn12. The van der Waals surface area contributed by atoms with Gasteiger partial charge in [0.2, 0.25) is 0 Å². The average molecular weight is 300 g/mol. The van der Waals surface area contributed by atoms with E-state index in [0.717, 1.165) is 17.8 Å². The van der Waals surface area contributed by atoms with Gasteiger partial charge in [-0.05, 0) is 36.4 Å². The van der Waals surface area contributed by atoms with Crippen molar-refractivity contribution in [3.8, 4) is 0 Å².